The number of phosphoric ester groups is 2. The van der Waals surface area contributed by atoms with Gasteiger partial charge in [-0.2, -0.15) is 19.9 Å². The predicted molar refractivity (Wildman–Crippen MR) is 193 cm³/mol. The van der Waals surface area contributed by atoms with Crippen LogP contribution in [0, 0.1) is 0 Å². The van der Waals surface area contributed by atoms with Gasteiger partial charge in [-0.15, -0.1) is 0 Å². The van der Waals surface area contributed by atoms with E-state index in [2.05, 4.69) is 29.9 Å². The first kappa shape index (κ1) is 38.7. The van der Waals surface area contributed by atoms with Gasteiger partial charge in [-0.05, 0) is 39.8 Å². The third kappa shape index (κ3) is 6.47. The molecule has 10 atom stereocenters. The molecule has 8 heterocycles. The fourth-order valence-corrected chi connectivity index (χ4v) is 10.2. The van der Waals surface area contributed by atoms with Crippen molar-refractivity contribution in [2.45, 2.75) is 75.9 Å². The van der Waals surface area contributed by atoms with E-state index in [1.54, 1.807) is 13.8 Å². The quantitative estimate of drug-likeness (QED) is 0.185. The smallest absolute Gasteiger partial charge is 0.476 e. The maximum absolute atomic E-state index is 16.7. The summed E-state index contributed by atoms with van der Waals surface area (Å²) in [7, 11) is -9.06. The fourth-order valence-electron chi connectivity index (χ4n) is 7.26. The Hall–Kier alpha value is -4.80. The standard InChI is InChI=1S/C32H36F2N10O12P2/c1-5-47-25-19-23(39-29(35)41-25)43(13-37-19)27-31(3,33)21-17(51-27)11-49-57(45,55-21)53-15-8-7-9-16(10-15)54-58(46)50-12-18-22(56-58)32(4,34)28(52-18)44-14-38-20-24(44)40-30(36)42-26(20)48-6-2/h7-10,13-14,17-18,21-22,27-28H,5-6,11-12H2,1-4H3,(H2,35,39,41)(H2,36,40,42)/t17-,18-,21-,22-,27-,28-,31-,32-,57?,58?/m1/s1. The van der Waals surface area contributed by atoms with Gasteiger partial charge in [0.1, 0.15) is 35.9 Å². The minimum Gasteiger partial charge on any atom is -0.476 e. The van der Waals surface area contributed by atoms with Crippen molar-refractivity contribution in [1.29, 1.82) is 0 Å². The van der Waals surface area contributed by atoms with Gasteiger partial charge in [0, 0.05) is 6.07 Å². The predicted octanol–water partition coefficient (Wildman–Crippen LogP) is 4.38. The Morgan fingerprint density at radius 2 is 1.19 bits per heavy atom. The van der Waals surface area contributed by atoms with Crippen molar-refractivity contribution in [3.63, 3.8) is 0 Å². The number of hydrogen-bond donors (Lipinski definition) is 2. The van der Waals surface area contributed by atoms with Crippen LogP contribution in [0.15, 0.2) is 36.9 Å². The van der Waals surface area contributed by atoms with Gasteiger partial charge >= 0.3 is 15.6 Å². The highest BCUT2D eigenvalue weighted by Crippen LogP contribution is 2.62. The maximum Gasteiger partial charge on any atom is 0.530 e. The molecular weight excluding hydrogens is 816 g/mol. The Kier molecular flexibility index (Phi) is 9.28. The second kappa shape index (κ2) is 13.9. The summed E-state index contributed by atoms with van der Waals surface area (Å²) in [5.41, 5.74) is 7.82. The van der Waals surface area contributed by atoms with E-state index in [-0.39, 0.29) is 83.9 Å². The molecule has 4 fully saturated rings. The Balaban J connectivity index is 0.892. The number of benzene rings is 1. The average Bonchev–Trinajstić information content (AvgIpc) is 3.89. The first-order chi connectivity index (χ1) is 27.6. The molecule has 0 aliphatic carbocycles. The van der Waals surface area contributed by atoms with Gasteiger partial charge in [-0.1, -0.05) is 6.07 Å². The van der Waals surface area contributed by atoms with Crippen LogP contribution in [-0.4, -0.2) is 101 Å². The molecule has 22 nitrogen and oxygen atoms in total. The minimum atomic E-state index is -4.53. The van der Waals surface area contributed by atoms with Crippen molar-refractivity contribution in [1.82, 2.24) is 39.0 Å². The molecule has 0 spiro atoms. The molecule has 0 saturated carbocycles. The highest BCUT2D eigenvalue weighted by Gasteiger charge is 2.63. The van der Waals surface area contributed by atoms with E-state index in [1.165, 1.54) is 59.9 Å². The molecule has 1 aromatic carbocycles. The zero-order valence-corrected chi connectivity index (χ0v) is 32.8. The van der Waals surface area contributed by atoms with Crippen LogP contribution in [0.2, 0.25) is 0 Å². The number of halogens is 2. The van der Waals surface area contributed by atoms with Gasteiger partial charge in [0.05, 0.1) is 39.1 Å². The number of ether oxygens (including phenoxy) is 4. The molecule has 9 rings (SSSR count). The zero-order chi connectivity index (χ0) is 40.8. The number of imidazole rings is 2. The lowest BCUT2D eigenvalue weighted by molar-refractivity contribution is -0.0657. The van der Waals surface area contributed by atoms with Gasteiger partial charge in [-0.25, -0.2) is 27.9 Å². The molecule has 4 aliphatic rings. The molecule has 4 N–H and O–H groups in total. The van der Waals surface area contributed by atoms with E-state index in [4.69, 9.17) is 57.6 Å². The largest absolute Gasteiger partial charge is 0.530 e. The average molecular weight is 853 g/mol. The Labute approximate surface area is 326 Å². The molecule has 4 aliphatic heterocycles. The molecular formula is C32H36F2N10O12P2. The van der Waals surface area contributed by atoms with Crippen molar-refractivity contribution in [2.75, 3.05) is 37.9 Å². The summed E-state index contributed by atoms with van der Waals surface area (Å²) in [6, 6.07) is 5.35. The van der Waals surface area contributed by atoms with E-state index in [0.717, 1.165) is 0 Å². The lowest BCUT2D eigenvalue weighted by atomic mass is 9.98. The number of aromatic nitrogens is 8. The molecule has 310 valence electrons. The molecule has 0 bridgehead atoms. The summed E-state index contributed by atoms with van der Waals surface area (Å²) in [5.74, 6) is -0.331. The van der Waals surface area contributed by atoms with Crippen molar-refractivity contribution in [2.24, 2.45) is 0 Å². The van der Waals surface area contributed by atoms with E-state index in [9.17, 15) is 9.13 Å². The van der Waals surface area contributed by atoms with Crippen LogP contribution in [0.3, 0.4) is 0 Å². The summed E-state index contributed by atoms with van der Waals surface area (Å²) >= 11 is 0. The molecule has 4 aromatic heterocycles. The second-order valence-corrected chi connectivity index (χ2v) is 16.9. The number of rotatable bonds is 10. The number of nitrogens with two attached hydrogens (primary N) is 2. The zero-order valence-electron chi connectivity index (χ0n) is 31.0. The molecule has 0 radical (unpaired) electrons. The van der Waals surface area contributed by atoms with Gasteiger partial charge in [-0.3, -0.25) is 27.2 Å². The number of phosphoric acid groups is 2. The lowest BCUT2D eigenvalue weighted by Crippen LogP contribution is -2.45. The molecule has 0 amide bonds. The van der Waals surface area contributed by atoms with Gasteiger partial charge < -0.3 is 39.5 Å². The first-order valence-electron chi connectivity index (χ1n) is 17.9. The van der Waals surface area contributed by atoms with Crippen molar-refractivity contribution in [3.8, 4) is 23.3 Å². The number of hydrogen-bond acceptors (Lipinski definition) is 20. The Morgan fingerprint density at radius 3 is 1.60 bits per heavy atom. The first-order valence-corrected chi connectivity index (χ1v) is 20.8. The monoisotopic (exact) mass is 852 g/mol. The number of nitrogen functional groups attached to an aromatic ring is 2. The van der Waals surface area contributed by atoms with Crippen LogP contribution in [0.4, 0.5) is 20.7 Å². The van der Waals surface area contributed by atoms with Crippen molar-refractivity contribution < 1.29 is 64.0 Å². The van der Waals surface area contributed by atoms with Crippen molar-refractivity contribution in [3.05, 3.63) is 36.9 Å². The summed E-state index contributed by atoms with van der Waals surface area (Å²) < 4.78 is 120. The Morgan fingerprint density at radius 1 is 0.759 bits per heavy atom. The summed E-state index contributed by atoms with van der Waals surface area (Å²) in [6.45, 7) is 5.70. The van der Waals surface area contributed by atoms with E-state index in [1.807, 2.05) is 0 Å². The van der Waals surface area contributed by atoms with E-state index in [0.29, 0.717) is 0 Å². The third-order valence-corrected chi connectivity index (χ3v) is 12.5. The van der Waals surface area contributed by atoms with Gasteiger partial charge in [0.15, 0.2) is 46.1 Å². The molecule has 4 saturated heterocycles. The normalized spacial score (nSPS) is 34.5. The summed E-state index contributed by atoms with van der Waals surface area (Å²) in [4.78, 5) is 25.1. The van der Waals surface area contributed by atoms with Crippen LogP contribution in [-0.2, 0) is 36.7 Å². The van der Waals surface area contributed by atoms with E-state index >= 15 is 8.78 Å². The van der Waals surface area contributed by atoms with Crippen molar-refractivity contribution >= 4 is 49.9 Å². The second-order valence-electron chi connectivity index (χ2n) is 13.8. The van der Waals surface area contributed by atoms with Crippen LogP contribution in [0.25, 0.3) is 22.3 Å². The lowest BCUT2D eigenvalue weighted by Gasteiger charge is -2.34. The third-order valence-electron chi connectivity index (χ3n) is 9.76. The maximum atomic E-state index is 16.7. The molecule has 5 aromatic rings. The topological polar surface area (TPSA) is 266 Å². The van der Waals surface area contributed by atoms with Crippen LogP contribution in [0.1, 0.15) is 40.2 Å². The highest BCUT2D eigenvalue weighted by molar-refractivity contribution is 7.49. The number of nitrogens with zero attached hydrogens (tertiary/aromatic N) is 8. The minimum absolute atomic E-state index is 0.111. The Bertz CT molecular complexity index is 2340. The fraction of sp³-hybridized carbons (Fsp3) is 0.500. The van der Waals surface area contributed by atoms with E-state index < -0.39 is 63.9 Å². The number of fused-ring (bicyclic) bond motifs is 4. The number of anilines is 2. The molecule has 58 heavy (non-hydrogen) atoms. The molecule has 26 heteroatoms. The summed E-state index contributed by atoms with van der Waals surface area (Å²) in [5, 5.41) is 0. The van der Waals surface area contributed by atoms with Crippen LogP contribution < -0.4 is 30.0 Å². The van der Waals surface area contributed by atoms with Gasteiger partial charge in [0.2, 0.25) is 23.7 Å². The summed E-state index contributed by atoms with van der Waals surface area (Å²) in [6.07, 6.45) is -5.09. The van der Waals surface area contributed by atoms with Crippen LogP contribution >= 0.6 is 15.6 Å². The number of alkyl halides is 2. The SMILES string of the molecule is CCOc1nc(N)nc2c1ncn2[C@@H]1O[C@@H]2COP(=O)(Oc3cccc(OP4(=O)OC[C@H]5O[C@@H](n6cnc7c(OCC)nc(N)nc76)[C@](C)(F)[C@@H]5O4)c3)O[C@H]2[C@@]1(C)F. The molecule has 2 unspecified atom stereocenters. The van der Waals surface area contributed by atoms with Crippen LogP contribution in [0.5, 0.6) is 23.3 Å². The highest BCUT2D eigenvalue weighted by atomic mass is 31.2. The van der Waals surface area contributed by atoms with Gasteiger partial charge in [0.25, 0.3) is 0 Å².